The molecule has 1 aromatic heterocycles. The van der Waals surface area contributed by atoms with Gasteiger partial charge in [-0.1, -0.05) is 13.3 Å². The molecule has 0 spiro atoms. The summed E-state index contributed by atoms with van der Waals surface area (Å²) in [6, 6.07) is 1.97. The lowest BCUT2D eigenvalue weighted by atomic mass is 9.96. The molecular formula is C14H25N3O. The normalized spacial score (nSPS) is 25.4. The molecule has 0 radical (unpaired) electrons. The first-order valence-electron chi connectivity index (χ1n) is 7.13. The zero-order valence-corrected chi connectivity index (χ0v) is 11.3. The number of rotatable bonds is 6. The van der Waals surface area contributed by atoms with Crippen LogP contribution in [0.5, 0.6) is 0 Å². The van der Waals surface area contributed by atoms with Crippen LogP contribution in [-0.2, 0) is 6.54 Å². The van der Waals surface area contributed by atoms with Gasteiger partial charge in [-0.05, 0) is 44.3 Å². The number of likely N-dealkylation sites (tertiary alicyclic amines) is 1. The molecule has 0 saturated carbocycles. The van der Waals surface area contributed by atoms with E-state index in [0.29, 0.717) is 5.92 Å². The zero-order chi connectivity index (χ0) is 12.8. The first-order chi connectivity index (χ1) is 8.75. The molecule has 0 aromatic carbocycles. The Kier molecular flexibility index (Phi) is 5.20. The van der Waals surface area contributed by atoms with E-state index in [1.807, 2.05) is 23.1 Å². The van der Waals surface area contributed by atoms with Crippen molar-refractivity contribution in [1.29, 1.82) is 0 Å². The van der Waals surface area contributed by atoms with Crippen LogP contribution in [-0.4, -0.2) is 45.5 Å². The van der Waals surface area contributed by atoms with Crippen LogP contribution in [0.15, 0.2) is 18.5 Å². The van der Waals surface area contributed by atoms with Crippen molar-refractivity contribution in [3.05, 3.63) is 18.5 Å². The highest BCUT2D eigenvalue weighted by Gasteiger charge is 2.23. The minimum absolute atomic E-state index is 0.122. The van der Waals surface area contributed by atoms with Crippen molar-refractivity contribution in [2.24, 2.45) is 5.92 Å². The standard InChI is InChI=1S/C14H25N3O/c1-13-6-11-16(12-14(13)18)8-3-2-4-9-17-10-5-7-15-17/h5,7,10,13-14,18H,2-4,6,8-9,11-12H2,1H3. The molecule has 2 unspecified atom stereocenters. The molecule has 1 saturated heterocycles. The molecule has 4 heteroatoms. The summed E-state index contributed by atoms with van der Waals surface area (Å²) in [6.07, 6.45) is 8.51. The average molecular weight is 251 g/mol. The van der Waals surface area contributed by atoms with E-state index in [1.54, 1.807) is 0 Å². The van der Waals surface area contributed by atoms with Crippen molar-refractivity contribution in [2.75, 3.05) is 19.6 Å². The van der Waals surface area contributed by atoms with E-state index >= 15 is 0 Å². The van der Waals surface area contributed by atoms with E-state index in [4.69, 9.17) is 0 Å². The van der Waals surface area contributed by atoms with Crippen LogP contribution in [0.3, 0.4) is 0 Å². The predicted molar refractivity (Wildman–Crippen MR) is 72.3 cm³/mol. The van der Waals surface area contributed by atoms with Gasteiger partial charge in [0.15, 0.2) is 0 Å². The van der Waals surface area contributed by atoms with Gasteiger partial charge in [0.2, 0.25) is 0 Å². The van der Waals surface area contributed by atoms with Gasteiger partial charge in [0, 0.05) is 25.5 Å². The summed E-state index contributed by atoms with van der Waals surface area (Å²) in [6.45, 7) is 6.30. The third kappa shape index (κ3) is 4.10. The Bertz CT molecular complexity index is 326. The van der Waals surface area contributed by atoms with Crippen molar-refractivity contribution >= 4 is 0 Å². The van der Waals surface area contributed by atoms with Crippen molar-refractivity contribution in [3.63, 3.8) is 0 Å². The topological polar surface area (TPSA) is 41.3 Å². The van der Waals surface area contributed by atoms with E-state index in [2.05, 4.69) is 16.9 Å². The Morgan fingerprint density at radius 2 is 2.11 bits per heavy atom. The molecule has 4 nitrogen and oxygen atoms in total. The van der Waals surface area contributed by atoms with Gasteiger partial charge in [0.1, 0.15) is 0 Å². The third-order valence-electron chi connectivity index (χ3n) is 3.92. The molecule has 1 aliphatic heterocycles. The first-order valence-corrected chi connectivity index (χ1v) is 7.13. The summed E-state index contributed by atoms with van der Waals surface area (Å²) in [7, 11) is 0. The number of β-amino-alcohol motifs (C(OH)–C–C–N with tert-alkyl or cyclic N) is 1. The first kappa shape index (κ1) is 13.6. The van der Waals surface area contributed by atoms with Crippen LogP contribution in [0.4, 0.5) is 0 Å². The summed E-state index contributed by atoms with van der Waals surface area (Å²) in [5, 5.41) is 14.0. The molecule has 102 valence electrons. The number of unbranched alkanes of at least 4 members (excludes halogenated alkanes) is 2. The lowest BCUT2D eigenvalue weighted by molar-refractivity contribution is 0.0286. The van der Waals surface area contributed by atoms with Gasteiger partial charge in [-0.2, -0.15) is 5.10 Å². The van der Waals surface area contributed by atoms with E-state index in [1.165, 1.54) is 19.3 Å². The van der Waals surface area contributed by atoms with Crippen molar-refractivity contribution in [2.45, 2.75) is 45.3 Å². The second-order valence-corrected chi connectivity index (χ2v) is 5.46. The van der Waals surface area contributed by atoms with Crippen molar-refractivity contribution in [1.82, 2.24) is 14.7 Å². The largest absolute Gasteiger partial charge is 0.392 e. The van der Waals surface area contributed by atoms with Crippen LogP contribution in [0.25, 0.3) is 0 Å². The number of aliphatic hydroxyl groups is 1. The number of nitrogens with zero attached hydrogens (tertiary/aromatic N) is 3. The molecule has 0 aliphatic carbocycles. The van der Waals surface area contributed by atoms with Gasteiger partial charge in [0.25, 0.3) is 0 Å². The highest BCUT2D eigenvalue weighted by molar-refractivity contribution is 4.78. The van der Waals surface area contributed by atoms with E-state index in [0.717, 1.165) is 32.6 Å². The smallest absolute Gasteiger partial charge is 0.0693 e. The number of aryl methyl sites for hydroxylation is 1. The summed E-state index contributed by atoms with van der Waals surface area (Å²) in [5.74, 6) is 0.473. The minimum atomic E-state index is -0.122. The van der Waals surface area contributed by atoms with Crippen LogP contribution in [0.2, 0.25) is 0 Å². The van der Waals surface area contributed by atoms with Gasteiger partial charge < -0.3 is 10.0 Å². The summed E-state index contributed by atoms with van der Waals surface area (Å²) < 4.78 is 1.99. The Hall–Kier alpha value is -0.870. The molecule has 0 amide bonds. The molecule has 2 atom stereocenters. The monoisotopic (exact) mass is 251 g/mol. The molecule has 0 bridgehead atoms. The maximum absolute atomic E-state index is 9.82. The average Bonchev–Trinajstić information content (AvgIpc) is 2.86. The number of hydrogen-bond donors (Lipinski definition) is 1. The highest BCUT2D eigenvalue weighted by Crippen LogP contribution is 2.17. The summed E-state index contributed by atoms with van der Waals surface area (Å²) in [5.41, 5.74) is 0. The fourth-order valence-corrected chi connectivity index (χ4v) is 2.54. The number of hydrogen-bond acceptors (Lipinski definition) is 3. The quantitative estimate of drug-likeness (QED) is 0.783. The highest BCUT2D eigenvalue weighted by atomic mass is 16.3. The second kappa shape index (κ2) is 6.90. The molecule has 2 heterocycles. The fraction of sp³-hybridized carbons (Fsp3) is 0.786. The minimum Gasteiger partial charge on any atom is -0.392 e. The molecule has 1 aromatic rings. The van der Waals surface area contributed by atoms with E-state index < -0.39 is 0 Å². The van der Waals surface area contributed by atoms with Crippen LogP contribution in [0, 0.1) is 5.92 Å². The predicted octanol–water partition coefficient (Wildman–Crippen LogP) is 1.76. The van der Waals surface area contributed by atoms with Gasteiger partial charge in [0.05, 0.1) is 6.10 Å². The maximum Gasteiger partial charge on any atom is 0.0693 e. The maximum atomic E-state index is 9.82. The molecular weight excluding hydrogens is 226 g/mol. The van der Waals surface area contributed by atoms with Crippen molar-refractivity contribution < 1.29 is 5.11 Å². The second-order valence-electron chi connectivity index (χ2n) is 5.46. The number of aromatic nitrogens is 2. The molecule has 2 rings (SSSR count). The Labute approximate surface area is 110 Å². The van der Waals surface area contributed by atoms with E-state index in [9.17, 15) is 5.11 Å². The Morgan fingerprint density at radius 3 is 2.83 bits per heavy atom. The molecule has 1 aliphatic rings. The number of piperidine rings is 1. The molecule has 1 N–H and O–H groups in total. The SMILES string of the molecule is CC1CCN(CCCCCn2cccn2)CC1O. The van der Waals surface area contributed by atoms with Gasteiger partial charge in [-0.15, -0.1) is 0 Å². The third-order valence-corrected chi connectivity index (χ3v) is 3.92. The van der Waals surface area contributed by atoms with Crippen molar-refractivity contribution in [3.8, 4) is 0 Å². The lowest BCUT2D eigenvalue weighted by Gasteiger charge is -2.34. The lowest BCUT2D eigenvalue weighted by Crippen LogP contribution is -2.43. The summed E-state index contributed by atoms with van der Waals surface area (Å²) >= 11 is 0. The summed E-state index contributed by atoms with van der Waals surface area (Å²) in [4.78, 5) is 2.40. The Balaban J connectivity index is 1.53. The Morgan fingerprint density at radius 1 is 1.28 bits per heavy atom. The van der Waals surface area contributed by atoms with Crippen LogP contribution in [0.1, 0.15) is 32.6 Å². The molecule has 1 fully saturated rings. The molecule has 18 heavy (non-hydrogen) atoms. The van der Waals surface area contributed by atoms with E-state index in [-0.39, 0.29) is 6.10 Å². The fourth-order valence-electron chi connectivity index (χ4n) is 2.54. The number of aliphatic hydroxyl groups excluding tert-OH is 1. The van der Waals surface area contributed by atoms with Gasteiger partial charge in [-0.25, -0.2) is 0 Å². The zero-order valence-electron chi connectivity index (χ0n) is 11.3. The van der Waals surface area contributed by atoms with Gasteiger partial charge in [-0.3, -0.25) is 4.68 Å². The van der Waals surface area contributed by atoms with Crippen LogP contribution >= 0.6 is 0 Å². The van der Waals surface area contributed by atoms with Gasteiger partial charge >= 0.3 is 0 Å². The van der Waals surface area contributed by atoms with Crippen LogP contribution < -0.4 is 0 Å².